The normalized spacial score (nSPS) is 15.4. The molecule has 1 fully saturated rings. The summed E-state index contributed by atoms with van der Waals surface area (Å²) in [6, 6.07) is 10.1. The monoisotopic (exact) mass is 404 g/mol. The zero-order valence-corrected chi connectivity index (χ0v) is 16.0. The Kier molecular flexibility index (Phi) is 6.43. The number of benzene rings is 2. The van der Waals surface area contributed by atoms with E-state index in [1.54, 1.807) is 7.11 Å². The second kappa shape index (κ2) is 9.00. The topological polar surface area (TPSA) is 76.7 Å². The molecule has 0 saturated carbocycles. The SMILES string of the molecule is COc1ccccc1C1(CNC(=O)C(=O)Nc2cc(F)ccc2F)CCOCC1. The second-order valence-corrected chi connectivity index (χ2v) is 6.85. The molecule has 1 saturated heterocycles. The number of methoxy groups -OCH3 is 1. The fourth-order valence-corrected chi connectivity index (χ4v) is 3.49. The zero-order valence-electron chi connectivity index (χ0n) is 16.0. The van der Waals surface area contributed by atoms with Crippen molar-refractivity contribution >= 4 is 17.5 Å². The summed E-state index contributed by atoms with van der Waals surface area (Å²) in [4.78, 5) is 24.5. The van der Waals surface area contributed by atoms with Gasteiger partial charge in [-0.3, -0.25) is 9.59 Å². The molecule has 2 aromatic carbocycles. The van der Waals surface area contributed by atoms with Gasteiger partial charge >= 0.3 is 11.8 Å². The average Bonchev–Trinajstić information content (AvgIpc) is 2.75. The molecule has 1 aliphatic heterocycles. The fourth-order valence-electron chi connectivity index (χ4n) is 3.49. The van der Waals surface area contributed by atoms with Crippen LogP contribution in [0.1, 0.15) is 18.4 Å². The molecule has 1 heterocycles. The third-order valence-corrected chi connectivity index (χ3v) is 5.10. The van der Waals surface area contributed by atoms with Crippen LogP contribution in [-0.4, -0.2) is 38.7 Å². The van der Waals surface area contributed by atoms with Crippen LogP contribution in [0.5, 0.6) is 5.75 Å². The van der Waals surface area contributed by atoms with E-state index < -0.39 is 34.6 Å². The summed E-state index contributed by atoms with van der Waals surface area (Å²) in [5.74, 6) is -2.87. The predicted octanol–water partition coefficient (Wildman–Crippen LogP) is 2.78. The fraction of sp³-hybridized carbons (Fsp3) is 0.333. The van der Waals surface area contributed by atoms with E-state index in [1.165, 1.54) is 0 Å². The largest absolute Gasteiger partial charge is 0.496 e. The molecule has 6 nitrogen and oxygen atoms in total. The Morgan fingerprint density at radius 1 is 1.10 bits per heavy atom. The number of rotatable bonds is 5. The van der Waals surface area contributed by atoms with Gasteiger partial charge in [0.2, 0.25) is 0 Å². The quantitative estimate of drug-likeness (QED) is 0.752. The van der Waals surface area contributed by atoms with Crippen LogP contribution in [0, 0.1) is 11.6 Å². The number of halogens is 2. The first-order valence-electron chi connectivity index (χ1n) is 9.21. The van der Waals surface area contributed by atoms with Gasteiger partial charge in [-0.1, -0.05) is 18.2 Å². The summed E-state index contributed by atoms with van der Waals surface area (Å²) in [5.41, 5.74) is 0.0589. The van der Waals surface area contributed by atoms with Gasteiger partial charge in [0.1, 0.15) is 17.4 Å². The molecule has 2 N–H and O–H groups in total. The highest BCUT2D eigenvalue weighted by molar-refractivity contribution is 6.39. The molecule has 0 atom stereocenters. The van der Waals surface area contributed by atoms with Crippen molar-refractivity contribution in [3.63, 3.8) is 0 Å². The Morgan fingerprint density at radius 3 is 2.55 bits per heavy atom. The van der Waals surface area contributed by atoms with Crippen molar-refractivity contribution < 1.29 is 27.8 Å². The number of carbonyl (C=O) groups is 2. The predicted molar refractivity (Wildman–Crippen MR) is 103 cm³/mol. The first-order chi connectivity index (χ1) is 13.9. The van der Waals surface area contributed by atoms with Crippen LogP contribution in [0.3, 0.4) is 0 Å². The highest BCUT2D eigenvalue weighted by atomic mass is 19.1. The lowest BCUT2D eigenvalue weighted by atomic mass is 9.73. The molecule has 3 rings (SSSR count). The van der Waals surface area contributed by atoms with Crippen LogP contribution in [-0.2, 0) is 19.7 Å². The van der Waals surface area contributed by atoms with Crippen LogP contribution in [0.25, 0.3) is 0 Å². The highest BCUT2D eigenvalue weighted by Crippen LogP contribution is 2.39. The molecule has 0 radical (unpaired) electrons. The molecule has 0 spiro atoms. The van der Waals surface area contributed by atoms with Crippen molar-refractivity contribution in [2.75, 3.05) is 32.2 Å². The van der Waals surface area contributed by atoms with Crippen LogP contribution in [0.15, 0.2) is 42.5 Å². The van der Waals surface area contributed by atoms with Crippen LogP contribution in [0.2, 0.25) is 0 Å². The lowest BCUT2D eigenvalue weighted by Gasteiger charge is -2.38. The lowest BCUT2D eigenvalue weighted by Crippen LogP contribution is -2.47. The van der Waals surface area contributed by atoms with E-state index in [1.807, 2.05) is 24.3 Å². The Hall–Kier alpha value is -3.00. The zero-order chi connectivity index (χ0) is 20.9. The molecule has 2 amide bonds. The van der Waals surface area contributed by atoms with E-state index in [4.69, 9.17) is 9.47 Å². The molecule has 8 heteroatoms. The molecule has 154 valence electrons. The van der Waals surface area contributed by atoms with Crippen molar-refractivity contribution in [3.05, 3.63) is 59.7 Å². The van der Waals surface area contributed by atoms with E-state index in [0.717, 1.165) is 23.8 Å². The maximum atomic E-state index is 13.7. The summed E-state index contributed by atoms with van der Waals surface area (Å²) in [7, 11) is 1.57. The average molecular weight is 404 g/mol. The number of hydrogen-bond acceptors (Lipinski definition) is 4. The van der Waals surface area contributed by atoms with E-state index in [2.05, 4.69) is 10.6 Å². The van der Waals surface area contributed by atoms with Crippen LogP contribution < -0.4 is 15.4 Å². The molecule has 0 aromatic heterocycles. The van der Waals surface area contributed by atoms with Crippen LogP contribution in [0.4, 0.5) is 14.5 Å². The third kappa shape index (κ3) is 4.71. The molecule has 2 aromatic rings. The standard InChI is InChI=1S/C21H22F2N2O4/c1-28-18-5-3-2-4-15(18)21(8-10-29-11-9-21)13-24-19(26)20(27)25-17-12-14(22)6-7-16(17)23/h2-7,12H,8-11,13H2,1H3,(H,24,26)(H,25,27). The molecule has 1 aliphatic rings. The molecule has 29 heavy (non-hydrogen) atoms. The molecular formula is C21H22F2N2O4. The number of anilines is 1. The minimum absolute atomic E-state index is 0.175. The van der Waals surface area contributed by atoms with Gasteiger partial charge in [-0.2, -0.15) is 0 Å². The van der Waals surface area contributed by atoms with Gasteiger partial charge in [0.05, 0.1) is 12.8 Å². The number of ether oxygens (including phenoxy) is 2. The van der Waals surface area contributed by atoms with E-state index >= 15 is 0 Å². The van der Waals surface area contributed by atoms with Crippen molar-refractivity contribution in [1.82, 2.24) is 5.32 Å². The van der Waals surface area contributed by atoms with Gasteiger partial charge in [0.25, 0.3) is 0 Å². The first-order valence-corrected chi connectivity index (χ1v) is 9.21. The third-order valence-electron chi connectivity index (χ3n) is 5.10. The Bertz CT molecular complexity index is 898. The molecule has 0 aliphatic carbocycles. The summed E-state index contributed by atoms with van der Waals surface area (Å²) >= 11 is 0. The summed E-state index contributed by atoms with van der Waals surface area (Å²) in [6.45, 7) is 1.19. The number of carbonyl (C=O) groups excluding carboxylic acids is 2. The number of hydrogen-bond donors (Lipinski definition) is 2. The maximum absolute atomic E-state index is 13.7. The van der Waals surface area contributed by atoms with Crippen LogP contribution >= 0.6 is 0 Å². The van der Waals surface area contributed by atoms with E-state index in [0.29, 0.717) is 31.8 Å². The summed E-state index contributed by atoms with van der Waals surface area (Å²) in [6.07, 6.45) is 1.27. The Labute approximate surface area is 167 Å². The first kappa shape index (κ1) is 20.7. The van der Waals surface area contributed by atoms with E-state index in [9.17, 15) is 18.4 Å². The number of para-hydroxylation sites is 1. The maximum Gasteiger partial charge on any atom is 0.313 e. The highest BCUT2D eigenvalue weighted by Gasteiger charge is 2.37. The number of amides is 2. The Morgan fingerprint density at radius 2 is 1.83 bits per heavy atom. The van der Waals surface area contributed by atoms with Gasteiger partial charge in [0, 0.05) is 36.8 Å². The Balaban J connectivity index is 1.73. The van der Waals surface area contributed by atoms with Crippen molar-refractivity contribution in [2.24, 2.45) is 0 Å². The van der Waals surface area contributed by atoms with Gasteiger partial charge in [-0.15, -0.1) is 0 Å². The molecule has 0 bridgehead atoms. The van der Waals surface area contributed by atoms with Gasteiger partial charge in [-0.05, 0) is 31.0 Å². The van der Waals surface area contributed by atoms with Crippen molar-refractivity contribution in [1.29, 1.82) is 0 Å². The van der Waals surface area contributed by atoms with Gasteiger partial charge in [0.15, 0.2) is 0 Å². The lowest BCUT2D eigenvalue weighted by molar-refractivity contribution is -0.136. The molecular weight excluding hydrogens is 382 g/mol. The smallest absolute Gasteiger partial charge is 0.313 e. The molecule has 0 unspecified atom stereocenters. The minimum Gasteiger partial charge on any atom is -0.496 e. The minimum atomic E-state index is -1.07. The second-order valence-electron chi connectivity index (χ2n) is 6.85. The summed E-state index contributed by atoms with van der Waals surface area (Å²) in [5, 5.41) is 4.72. The van der Waals surface area contributed by atoms with Gasteiger partial charge < -0.3 is 20.1 Å². The van der Waals surface area contributed by atoms with E-state index in [-0.39, 0.29) is 6.54 Å². The summed E-state index contributed by atoms with van der Waals surface area (Å²) < 4.78 is 37.9. The van der Waals surface area contributed by atoms with Crippen molar-refractivity contribution in [2.45, 2.75) is 18.3 Å². The van der Waals surface area contributed by atoms with Gasteiger partial charge in [-0.25, -0.2) is 8.78 Å². The van der Waals surface area contributed by atoms with Crippen molar-refractivity contribution in [3.8, 4) is 5.75 Å². The number of nitrogens with one attached hydrogen (secondary N) is 2.